The van der Waals surface area contributed by atoms with Gasteiger partial charge in [-0.15, -0.1) is 0 Å². The minimum absolute atomic E-state index is 0.000966. The minimum atomic E-state index is -0.776. The molecular formula is C30H44O5. The van der Waals surface area contributed by atoms with Gasteiger partial charge in [-0.25, -0.2) is 4.89 Å². The van der Waals surface area contributed by atoms with Crippen molar-refractivity contribution < 1.29 is 24.5 Å². The van der Waals surface area contributed by atoms with E-state index in [0.29, 0.717) is 30.5 Å². The first-order valence-corrected chi connectivity index (χ1v) is 13.7. The molecular weight excluding hydrogens is 440 g/mol. The number of allylic oxidation sites excluding steroid dienone is 3. The van der Waals surface area contributed by atoms with E-state index in [1.807, 2.05) is 12.2 Å². The number of hydrogen-bond donors (Lipinski definition) is 1. The molecule has 4 fully saturated rings. The van der Waals surface area contributed by atoms with Gasteiger partial charge in [0, 0.05) is 17.8 Å². The van der Waals surface area contributed by atoms with E-state index in [4.69, 9.17) is 9.99 Å². The molecule has 1 saturated heterocycles. The van der Waals surface area contributed by atoms with Gasteiger partial charge in [-0.2, -0.15) is 0 Å². The average Bonchev–Trinajstić information content (AvgIpc) is 3.20. The van der Waals surface area contributed by atoms with Gasteiger partial charge in [0.1, 0.15) is 17.5 Å². The van der Waals surface area contributed by atoms with Crippen LogP contribution in [0.1, 0.15) is 93.4 Å². The van der Waals surface area contributed by atoms with Gasteiger partial charge in [-0.1, -0.05) is 58.4 Å². The quantitative estimate of drug-likeness (QED) is 0.213. The van der Waals surface area contributed by atoms with Crippen LogP contribution in [0, 0.1) is 45.3 Å². The number of carbonyl (C=O) groups excluding carboxylic acids is 2. The van der Waals surface area contributed by atoms with E-state index in [0.717, 1.165) is 32.1 Å². The van der Waals surface area contributed by atoms with Crippen LogP contribution in [0.25, 0.3) is 0 Å². The molecule has 1 aliphatic heterocycles. The SMILES string of the molecule is CC(C)(/C=C/C[C@H]1C(=O)O[C@H]2C[C@]3(C)C4=CC[C@H]5C(C)(C)C(=O)CC[C@]5(C)[C@H]4CC[C@@]3(C)[C@@H]21)OO. The first kappa shape index (κ1) is 25.2. The van der Waals surface area contributed by atoms with E-state index < -0.39 is 5.60 Å². The summed E-state index contributed by atoms with van der Waals surface area (Å²) in [5.41, 5.74) is 0.699. The molecule has 0 aromatic rings. The summed E-state index contributed by atoms with van der Waals surface area (Å²) in [6, 6.07) is 0. The van der Waals surface area contributed by atoms with E-state index in [1.165, 1.54) is 0 Å². The molecule has 0 aromatic carbocycles. The molecule has 5 heteroatoms. The summed E-state index contributed by atoms with van der Waals surface area (Å²) in [5.74, 6) is 1.29. The van der Waals surface area contributed by atoms with Gasteiger partial charge in [-0.3, -0.25) is 14.8 Å². The molecule has 0 amide bonds. The molecule has 0 unspecified atom stereocenters. The maximum absolute atomic E-state index is 13.0. The summed E-state index contributed by atoms with van der Waals surface area (Å²) >= 11 is 0. The Bertz CT molecular complexity index is 991. The molecule has 0 spiro atoms. The molecule has 1 heterocycles. The van der Waals surface area contributed by atoms with Gasteiger partial charge >= 0.3 is 5.97 Å². The van der Waals surface area contributed by atoms with Gasteiger partial charge in [0.2, 0.25) is 0 Å². The zero-order chi connectivity index (χ0) is 25.6. The topological polar surface area (TPSA) is 72.8 Å². The first-order valence-electron chi connectivity index (χ1n) is 13.7. The number of hydrogen-bond acceptors (Lipinski definition) is 5. The van der Waals surface area contributed by atoms with E-state index >= 15 is 0 Å². The minimum Gasteiger partial charge on any atom is -0.462 e. The molecule has 0 radical (unpaired) electrons. The van der Waals surface area contributed by atoms with Gasteiger partial charge in [0.25, 0.3) is 0 Å². The normalized spacial score (nSPS) is 46.5. The maximum Gasteiger partial charge on any atom is 0.309 e. The summed E-state index contributed by atoms with van der Waals surface area (Å²) < 4.78 is 6.06. The predicted octanol–water partition coefficient (Wildman–Crippen LogP) is 6.53. The van der Waals surface area contributed by atoms with Crippen LogP contribution in [-0.2, 0) is 19.2 Å². The van der Waals surface area contributed by atoms with Crippen molar-refractivity contribution in [1.82, 2.24) is 0 Å². The summed E-state index contributed by atoms with van der Waals surface area (Å²) in [7, 11) is 0. The van der Waals surface area contributed by atoms with Crippen LogP contribution < -0.4 is 0 Å². The van der Waals surface area contributed by atoms with Crippen molar-refractivity contribution in [3.63, 3.8) is 0 Å². The fourth-order valence-electron chi connectivity index (χ4n) is 9.56. The van der Waals surface area contributed by atoms with Crippen molar-refractivity contribution in [1.29, 1.82) is 0 Å². The van der Waals surface area contributed by atoms with Crippen molar-refractivity contribution >= 4 is 11.8 Å². The molecule has 0 bridgehead atoms. The maximum atomic E-state index is 13.0. The zero-order valence-corrected chi connectivity index (χ0v) is 22.6. The van der Waals surface area contributed by atoms with Crippen molar-refractivity contribution in [2.75, 3.05) is 0 Å². The lowest BCUT2D eigenvalue weighted by atomic mass is 9.41. The Morgan fingerprint density at radius 2 is 1.89 bits per heavy atom. The van der Waals surface area contributed by atoms with Crippen LogP contribution in [-0.4, -0.2) is 28.7 Å². The van der Waals surface area contributed by atoms with Crippen LogP contribution in [0.4, 0.5) is 0 Å². The third-order valence-electron chi connectivity index (χ3n) is 11.8. The third-order valence-corrected chi connectivity index (χ3v) is 11.8. The van der Waals surface area contributed by atoms with Gasteiger partial charge in [0.05, 0.1) is 5.92 Å². The number of esters is 1. The van der Waals surface area contributed by atoms with Crippen molar-refractivity contribution in [2.24, 2.45) is 45.3 Å². The molecule has 194 valence electrons. The van der Waals surface area contributed by atoms with E-state index in [1.54, 1.807) is 19.4 Å². The second-order valence-corrected chi connectivity index (χ2v) is 14.1. The Kier molecular flexibility index (Phi) is 5.60. The Labute approximate surface area is 210 Å². The molecule has 5 aliphatic rings. The number of ether oxygens (including phenoxy) is 1. The summed E-state index contributed by atoms with van der Waals surface area (Å²) in [6.45, 7) is 15.2. The van der Waals surface area contributed by atoms with Crippen LogP contribution >= 0.6 is 0 Å². The monoisotopic (exact) mass is 484 g/mol. The molecule has 8 atom stereocenters. The summed E-state index contributed by atoms with van der Waals surface area (Å²) in [6.07, 6.45) is 12.7. The summed E-state index contributed by atoms with van der Waals surface area (Å²) in [5, 5.41) is 9.11. The Morgan fingerprint density at radius 3 is 2.57 bits per heavy atom. The Balaban J connectivity index is 1.47. The van der Waals surface area contributed by atoms with Gasteiger partial charge < -0.3 is 4.74 Å². The third kappa shape index (κ3) is 3.32. The highest BCUT2D eigenvalue weighted by Crippen LogP contribution is 2.74. The van der Waals surface area contributed by atoms with Crippen LogP contribution in [0.2, 0.25) is 0 Å². The average molecular weight is 485 g/mol. The molecule has 4 aliphatic carbocycles. The number of Topliss-reactive ketones (excluding diaryl/α,β-unsaturated/α-hetero) is 1. The molecule has 3 saturated carbocycles. The number of fused-ring (bicyclic) bond motifs is 7. The van der Waals surface area contributed by atoms with E-state index in [2.05, 4.69) is 45.6 Å². The Hall–Kier alpha value is -1.46. The first-order chi connectivity index (χ1) is 16.2. The molecule has 35 heavy (non-hydrogen) atoms. The fourth-order valence-corrected chi connectivity index (χ4v) is 9.56. The highest BCUT2D eigenvalue weighted by atomic mass is 17.1. The second kappa shape index (κ2) is 7.77. The second-order valence-electron chi connectivity index (χ2n) is 14.1. The number of ketones is 1. The fraction of sp³-hybridized carbons (Fsp3) is 0.800. The Morgan fingerprint density at radius 1 is 1.17 bits per heavy atom. The van der Waals surface area contributed by atoms with Crippen molar-refractivity contribution in [2.45, 2.75) is 105 Å². The highest BCUT2D eigenvalue weighted by molar-refractivity contribution is 5.85. The molecule has 5 rings (SSSR count). The van der Waals surface area contributed by atoms with Crippen molar-refractivity contribution in [3.8, 4) is 0 Å². The standard InChI is InChI=1S/C30H44O5/c1-26(2,35-33)14-8-9-18-24-21(34-25(18)32)17-30(7)20-10-11-22-27(3,4)23(31)13-15-28(22,5)19(20)12-16-29(24,30)6/h8,10,14,18-19,21-22,24,33H,9,11-13,15-17H2,1-7H3/b14-8+/t18-,19+,21+,22+,24-,28-,29+,30-/m1/s1. The number of carbonyl (C=O) groups is 2. The molecule has 5 nitrogen and oxygen atoms in total. The van der Waals surface area contributed by atoms with Gasteiger partial charge in [-0.05, 0) is 80.5 Å². The smallest absolute Gasteiger partial charge is 0.309 e. The predicted molar refractivity (Wildman–Crippen MR) is 134 cm³/mol. The summed E-state index contributed by atoms with van der Waals surface area (Å²) in [4.78, 5) is 30.4. The highest BCUT2D eigenvalue weighted by Gasteiger charge is 2.71. The molecule has 1 N–H and O–H groups in total. The van der Waals surface area contributed by atoms with Crippen LogP contribution in [0.5, 0.6) is 0 Å². The van der Waals surface area contributed by atoms with E-state index in [-0.39, 0.29) is 45.6 Å². The van der Waals surface area contributed by atoms with Crippen LogP contribution in [0.15, 0.2) is 23.8 Å². The zero-order valence-electron chi connectivity index (χ0n) is 22.6. The largest absolute Gasteiger partial charge is 0.462 e. The molecule has 0 aromatic heterocycles. The van der Waals surface area contributed by atoms with Crippen LogP contribution in [0.3, 0.4) is 0 Å². The van der Waals surface area contributed by atoms with Gasteiger partial charge in [0.15, 0.2) is 0 Å². The van der Waals surface area contributed by atoms with E-state index in [9.17, 15) is 9.59 Å². The lowest BCUT2D eigenvalue weighted by Crippen LogP contribution is -2.57. The van der Waals surface area contributed by atoms with Crippen molar-refractivity contribution in [3.05, 3.63) is 23.8 Å². The lowest BCUT2D eigenvalue weighted by molar-refractivity contribution is -0.297. The number of rotatable bonds is 4. The lowest BCUT2D eigenvalue weighted by Gasteiger charge is -2.63.